The number of halogens is 3. The first-order valence-corrected chi connectivity index (χ1v) is 7.94. The summed E-state index contributed by atoms with van der Waals surface area (Å²) in [6.07, 6.45) is -4.56. The molecule has 1 aromatic heterocycles. The van der Waals surface area contributed by atoms with Crippen LogP contribution in [0.1, 0.15) is 21.7 Å². The van der Waals surface area contributed by atoms with E-state index >= 15 is 0 Å². The second-order valence-electron chi connectivity index (χ2n) is 5.82. The van der Waals surface area contributed by atoms with Crippen molar-refractivity contribution in [1.82, 2.24) is 0 Å². The van der Waals surface area contributed by atoms with Crippen LogP contribution in [-0.4, -0.2) is 5.91 Å². The highest BCUT2D eigenvalue weighted by Gasteiger charge is 2.31. The Hall–Kier alpha value is -3.35. The maximum atomic E-state index is 13.0. The molecule has 0 aliphatic carbocycles. The molecular formula is C20H14F3NO3. The third-order valence-corrected chi connectivity index (χ3v) is 3.78. The zero-order valence-electron chi connectivity index (χ0n) is 14.1. The Morgan fingerprint density at radius 3 is 2.37 bits per heavy atom. The minimum atomic E-state index is -4.56. The highest BCUT2D eigenvalue weighted by Crippen LogP contribution is 2.33. The molecule has 27 heavy (non-hydrogen) atoms. The monoisotopic (exact) mass is 373 g/mol. The lowest BCUT2D eigenvalue weighted by molar-refractivity contribution is -0.137. The van der Waals surface area contributed by atoms with Gasteiger partial charge in [-0.3, -0.25) is 9.59 Å². The Morgan fingerprint density at radius 1 is 1.00 bits per heavy atom. The van der Waals surface area contributed by atoms with Crippen LogP contribution in [0.2, 0.25) is 0 Å². The van der Waals surface area contributed by atoms with E-state index in [9.17, 15) is 22.8 Å². The van der Waals surface area contributed by atoms with Gasteiger partial charge in [0.25, 0.3) is 5.91 Å². The molecule has 0 spiro atoms. The molecule has 3 rings (SSSR count). The van der Waals surface area contributed by atoms with Crippen molar-refractivity contribution in [2.24, 2.45) is 0 Å². The van der Waals surface area contributed by atoms with Gasteiger partial charge in [-0.1, -0.05) is 30.3 Å². The summed E-state index contributed by atoms with van der Waals surface area (Å²) in [6, 6.07) is 13.8. The van der Waals surface area contributed by atoms with Gasteiger partial charge < -0.3 is 9.73 Å². The van der Waals surface area contributed by atoms with Gasteiger partial charge in [-0.05, 0) is 31.2 Å². The largest absolute Gasteiger partial charge is 0.460 e. The van der Waals surface area contributed by atoms with Crippen LogP contribution in [0.3, 0.4) is 0 Å². The van der Waals surface area contributed by atoms with Crippen molar-refractivity contribution in [2.75, 3.05) is 5.32 Å². The van der Waals surface area contributed by atoms with Crippen molar-refractivity contribution >= 4 is 11.6 Å². The average molecular weight is 373 g/mol. The maximum absolute atomic E-state index is 13.0. The van der Waals surface area contributed by atoms with Gasteiger partial charge in [-0.25, -0.2) is 0 Å². The first kappa shape index (κ1) is 18.4. The lowest BCUT2D eigenvalue weighted by Crippen LogP contribution is -2.22. The van der Waals surface area contributed by atoms with Gasteiger partial charge in [0, 0.05) is 17.3 Å². The van der Waals surface area contributed by atoms with Gasteiger partial charge in [0.05, 0.1) is 5.56 Å². The zero-order valence-corrected chi connectivity index (χ0v) is 14.1. The smallest absolute Gasteiger partial charge is 0.416 e. The Bertz CT molecular complexity index is 1040. The highest BCUT2D eigenvalue weighted by molar-refractivity contribution is 6.07. The first-order chi connectivity index (χ1) is 12.8. The molecule has 4 nitrogen and oxygen atoms in total. The summed E-state index contributed by atoms with van der Waals surface area (Å²) >= 11 is 0. The summed E-state index contributed by atoms with van der Waals surface area (Å²) in [4.78, 5) is 25.0. The second kappa shape index (κ2) is 7.11. The number of benzene rings is 2. The predicted molar refractivity (Wildman–Crippen MR) is 94.5 cm³/mol. The summed E-state index contributed by atoms with van der Waals surface area (Å²) in [5.41, 5.74) is -1.47. The van der Waals surface area contributed by atoms with E-state index in [2.05, 4.69) is 5.32 Å². The summed E-state index contributed by atoms with van der Waals surface area (Å²) in [5.74, 6) is -0.787. The van der Waals surface area contributed by atoms with E-state index in [-0.39, 0.29) is 22.6 Å². The van der Waals surface area contributed by atoms with Gasteiger partial charge in [0.15, 0.2) is 11.2 Å². The van der Waals surface area contributed by atoms with E-state index in [1.807, 2.05) is 0 Å². The third kappa shape index (κ3) is 4.08. The van der Waals surface area contributed by atoms with Crippen molar-refractivity contribution in [1.29, 1.82) is 0 Å². The molecule has 3 aromatic rings. The number of amides is 1. The van der Waals surface area contributed by atoms with E-state index < -0.39 is 23.1 Å². The Labute approximate surface area is 152 Å². The molecule has 0 radical (unpaired) electrons. The summed E-state index contributed by atoms with van der Waals surface area (Å²) in [5, 5.41) is 2.55. The number of hydrogen-bond acceptors (Lipinski definition) is 3. The van der Waals surface area contributed by atoms with Crippen LogP contribution < -0.4 is 10.7 Å². The lowest BCUT2D eigenvalue weighted by Gasteiger charge is -2.12. The molecule has 0 saturated carbocycles. The Kier molecular flexibility index (Phi) is 4.85. The number of anilines is 1. The lowest BCUT2D eigenvalue weighted by atomic mass is 10.0. The van der Waals surface area contributed by atoms with Crippen molar-refractivity contribution in [3.05, 3.63) is 87.8 Å². The SMILES string of the molecule is Cc1cc(=O)c(C(=O)Nc2ccccc2)c(-c2cccc(C(F)(F)F)c2)o1. The van der Waals surface area contributed by atoms with Crippen LogP contribution in [0.25, 0.3) is 11.3 Å². The minimum Gasteiger partial charge on any atom is -0.460 e. The van der Waals surface area contributed by atoms with Gasteiger partial charge in [0.1, 0.15) is 11.3 Å². The topological polar surface area (TPSA) is 59.3 Å². The fraction of sp³-hybridized carbons (Fsp3) is 0.100. The van der Waals surface area contributed by atoms with Crippen LogP contribution >= 0.6 is 0 Å². The standard InChI is InChI=1S/C20H14F3NO3/c1-12-10-16(25)17(19(26)24-15-8-3-2-4-9-15)18(27-12)13-6-5-7-14(11-13)20(21,22)23/h2-11H,1H3,(H,24,26). The van der Waals surface area contributed by atoms with Crippen molar-refractivity contribution in [2.45, 2.75) is 13.1 Å². The summed E-state index contributed by atoms with van der Waals surface area (Å²) < 4.78 is 44.5. The number of nitrogens with one attached hydrogen (secondary N) is 1. The third-order valence-electron chi connectivity index (χ3n) is 3.78. The molecule has 1 heterocycles. The fourth-order valence-electron chi connectivity index (χ4n) is 2.58. The number of rotatable bonds is 3. The molecule has 0 fully saturated rings. The number of hydrogen-bond donors (Lipinski definition) is 1. The quantitative estimate of drug-likeness (QED) is 0.711. The zero-order chi connectivity index (χ0) is 19.6. The van der Waals surface area contributed by atoms with Gasteiger partial charge in [-0.15, -0.1) is 0 Å². The van der Waals surface area contributed by atoms with Crippen LogP contribution in [0.4, 0.5) is 18.9 Å². The van der Waals surface area contributed by atoms with E-state index in [0.29, 0.717) is 5.69 Å². The van der Waals surface area contributed by atoms with E-state index in [4.69, 9.17) is 4.42 Å². The number of carbonyl (C=O) groups excluding carboxylic acids is 1. The number of para-hydroxylation sites is 1. The van der Waals surface area contributed by atoms with E-state index in [1.54, 1.807) is 30.3 Å². The molecule has 0 bridgehead atoms. The van der Waals surface area contributed by atoms with Crippen LogP contribution in [0, 0.1) is 6.92 Å². The molecule has 0 unspecified atom stereocenters. The average Bonchev–Trinajstić information content (AvgIpc) is 2.61. The Morgan fingerprint density at radius 2 is 1.70 bits per heavy atom. The highest BCUT2D eigenvalue weighted by atomic mass is 19.4. The first-order valence-electron chi connectivity index (χ1n) is 7.94. The molecule has 1 amide bonds. The molecular weight excluding hydrogens is 359 g/mol. The van der Waals surface area contributed by atoms with E-state index in [0.717, 1.165) is 18.2 Å². The van der Waals surface area contributed by atoms with Crippen LogP contribution in [0.15, 0.2) is 69.9 Å². The molecule has 0 saturated heterocycles. The number of aryl methyl sites for hydroxylation is 1. The second-order valence-corrected chi connectivity index (χ2v) is 5.82. The molecule has 2 aromatic carbocycles. The molecule has 0 aliphatic rings. The van der Waals surface area contributed by atoms with Crippen molar-refractivity contribution in [3.63, 3.8) is 0 Å². The molecule has 1 N–H and O–H groups in total. The van der Waals surface area contributed by atoms with Gasteiger partial charge >= 0.3 is 6.18 Å². The maximum Gasteiger partial charge on any atom is 0.416 e. The van der Waals surface area contributed by atoms with Gasteiger partial charge in [-0.2, -0.15) is 13.2 Å². The van der Waals surface area contributed by atoms with Crippen LogP contribution in [-0.2, 0) is 6.18 Å². The minimum absolute atomic E-state index is 0.0103. The molecule has 7 heteroatoms. The summed E-state index contributed by atoms with van der Waals surface area (Å²) in [6.45, 7) is 1.48. The fourth-order valence-corrected chi connectivity index (χ4v) is 2.58. The summed E-state index contributed by atoms with van der Waals surface area (Å²) in [7, 11) is 0. The van der Waals surface area contributed by atoms with Crippen molar-refractivity contribution in [3.8, 4) is 11.3 Å². The number of alkyl halides is 3. The molecule has 138 valence electrons. The molecule has 0 aliphatic heterocycles. The normalized spacial score (nSPS) is 11.3. The van der Waals surface area contributed by atoms with Gasteiger partial charge in [0.2, 0.25) is 0 Å². The van der Waals surface area contributed by atoms with E-state index in [1.165, 1.54) is 19.1 Å². The predicted octanol–water partition coefficient (Wildman–Crippen LogP) is 4.89. The van der Waals surface area contributed by atoms with Crippen molar-refractivity contribution < 1.29 is 22.4 Å². The molecule has 0 atom stereocenters. The number of carbonyl (C=O) groups is 1. The Balaban J connectivity index is 2.11. The van der Waals surface area contributed by atoms with Crippen LogP contribution in [0.5, 0.6) is 0 Å².